The van der Waals surface area contributed by atoms with Crippen molar-refractivity contribution in [1.82, 2.24) is 15.0 Å². The lowest BCUT2D eigenvalue weighted by Crippen LogP contribution is -2.36. The van der Waals surface area contributed by atoms with E-state index in [1.54, 1.807) is 0 Å². The molecule has 1 unspecified atom stereocenters. The number of nitrogens with zero attached hydrogens (tertiary/aromatic N) is 4. The molecule has 0 aliphatic carbocycles. The number of nitrogens with two attached hydrogens (primary N) is 1. The number of pyridine rings is 1. The van der Waals surface area contributed by atoms with Gasteiger partial charge < -0.3 is 15.4 Å². The van der Waals surface area contributed by atoms with Gasteiger partial charge in [0.25, 0.3) is 0 Å². The highest BCUT2D eigenvalue weighted by atomic mass is 19.1. The van der Waals surface area contributed by atoms with Gasteiger partial charge in [-0.2, -0.15) is 0 Å². The second-order valence-electron chi connectivity index (χ2n) is 7.76. The summed E-state index contributed by atoms with van der Waals surface area (Å²) in [7, 11) is 0. The molecular weight excluding hydrogens is 431 g/mol. The highest BCUT2D eigenvalue weighted by molar-refractivity contribution is 5.94. The van der Waals surface area contributed by atoms with Crippen LogP contribution in [0.1, 0.15) is 17.2 Å². The Morgan fingerprint density at radius 2 is 1.67 bits per heavy atom. The molecule has 1 fully saturated rings. The third-order valence-corrected chi connectivity index (χ3v) is 5.80. The maximum absolute atomic E-state index is 14.9. The van der Waals surface area contributed by atoms with Crippen LogP contribution in [0.4, 0.5) is 18.9 Å². The SMILES string of the molecule is NC(c1ccc(F)c(-c2ncnc3cc(N4CCOCC4)ccc23)c1)c1c(F)cncc1F. The number of rotatable bonds is 4. The zero-order valence-electron chi connectivity index (χ0n) is 17.5. The number of anilines is 1. The van der Waals surface area contributed by atoms with Gasteiger partial charge in [0.2, 0.25) is 0 Å². The summed E-state index contributed by atoms with van der Waals surface area (Å²) in [5.41, 5.74) is 8.36. The Balaban J connectivity index is 1.57. The van der Waals surface area contributed by atoms with Crippen LogP contribution in [0.5, 0.6) is 0 Å². The fourth-order valence-corrected chi connectivity index (χ4v) is 4.08. The van der Waals surface area contributed by atoms with Crippen molar-refractivity contribution in [2.45, 2.75) is 6.04 Å². The quantitative estimate of drug-likeness (QED) is 0.506. The lowest BCUT2D eigenvalue weighted by Gasteiger charge is -2.29. The van der Waals surface area contributed by atoms with Crippen molar-refractivity contribution in [3.05, 3.63) is 83.7 Å². The maximum Gasteiger partial charge on any atom is 0.149 e. The molecule has 0 bridgehead atoms. The first kappa shape index (κ1) is 21.3. The van der Waals surface area contributed by atoms with E-state index in [4.69, 9.17) is 10.5 Å². The molecule has 5 rings (SSSR count). The van der Waals surface area contributed by atoms with Crippen LogP contribution in [0.25, 0.3) is 22.2 Å². The summed E-state index contributed by atoms with van der Waals surface area (Å²) >= 11 is 0. The third kappa shape index (κ3) is 4.01. The molecule has 3 heterocycles. The van der Waals surface area contributed by atoms with Gasteiger partial charge in [-0.1, -0.05) is 6.07 Å². The van der Waals surface area contributed by atoms with Crippen LogP contribution in [0.3, 0.4) is 0 Å². The number of hydrogen-bond donors (Lipinski definition) is 1. The Morgan fingerprint density at radius 3 is 2.42 bits per heavy atom. The predicted molar refractivity (Wildman–Crippen MR) is 118 cm³/mol. The third-order valence-electron chi connectivity index (χ3n) is 5.80. The first-order chi connectivity index (χ1) is 16.0. The van der Waals surface area contributed by atoms with Crippen molar-refractivity contribution in [1.29, 1.82) is 0 Å². The van der Waals surface area contributed by atoms with Crippen molar-refractivity contribution >= 4 is 16.6 Å². The first-order valence-electron chi connectivity index (χ1n) is 10.4. The molecule has 9 heteroatoms. The van der Waals surface area contributed by atoms with E-state index in [1.807, 2.05) is 18.2 Å². The van der Waals surface area contributed by atoms with E-state index in [1.165, 1.54) is 24.5 Å². The van der Waals surface area contributed by atoms with E-state index < -0.39 is 23.5 Å². The molecule has 6 nitrogen and oxygen atoms in total. The Labute approximate surface area is 187 Å². The average Bonchev–Trinajstić information content (AvgIpc) is 2.84. The molecule has 0 radical (unpaired) electrons. The van der Waals surface area contributed by atoms with Crippen LogP contribution in [0.2, 0.25) is 0 Å². The summed E-state index contributed by atoms with van der Waals surface area (Å²) in [5, 5.41) is 0.653. The molecule has 2 N–H and O–H groups in total. The number of benzene rings is 2. The molecule has 33 heavy (non-hydrogen) atoms. The smallest absolute Gasteiger partial charge is 0.149 e. The minimum atomic E-state index is -1.15. The Kier molecular flexibility index (Phi) is 5.65. The number of fused-ring (bicyclic) bond motifs is 1. The molecule has 1 aliphatic heterocycles. The van der Waals surface area contributed by atoms with Crippen molar-refractivity contribution < 1.29 is 17.9 Å². The Bertz CT molecular complexity index is 1310. The molecule has 1 atom stereocenters. The van der Waals surface area contributed by atoms with E-state index in [9.17, 15) is 13.2 Å². The van der Waals surface area contributed by atoms with Crippen molar-refractivity contribution in [3.63, 3.8) is 0 Å². The molecule has 1 saturated heterocycles. The highest BCUT2D eigenvalue weighted by Crippen LogP contribution is 2.33. The largest absolute Gasteiger partial charge is 0.378 e. The minimum Gasteiger partial charge on any atom is -0.378 e. The standard InChI is InChI=1S/C24H20F3N5O/c25-18-4-1-14(23(28)22-19(26)11-29-12-20(22)27)9-17(18)24-16-3-2-15(10-21(16)30-13-31-24)32-5-7-33-8-6-32/h1-4,9-13,23H,5-8,28H2. The normalized spacial score (nSPS) is 15.1. The van der Waals surface area contributed by atoms with E-state index in [2.05, 4.69) is 19.9 Å². The maximum atomic E-state index is 14.9. The van der Waals surface area contributed by atoms with Gasteiger partial charge in [0.1, 0.15) is 23.8 Å². The van der Waals surface area contributed by atoms with Crippen LogP contribution in [-0.2, 0) is 4.74 Å². The van der Waals surface area contributed by atoms with Gasteiger partial charge in [0.05, 0.1) is 42.9 Å². The molecule has 0 saturated carbocycles. The number of morpholine rings is 1. The van der Waals surface area contributed by atoms with E-state index >= 15 is 0 Å². The first-order valence-corrected chi connectivity index (χ1v) is 10.4. The minimum absolute atomic E-state index is 0.171. The van der Waals surface area contributed by atoms with Gasteiger partial charge in [-0.15, -0.1) is 0 Å². The number of ether oxygens (including phenoxy) is 1. The monoisotopic (exact) mass is 451 g/mol. The molecule has 2 aromatic carbocycles. The van der Waals surface area contributed by atoms with Gasteiger partial charge in [-0.3, -0.25) is 4.98 Å². The molecule has 168 valence electrons. The van der Waals surface area contributed by atoms with Crippen molar-refractivity contribution in [2.75, 3.05) is 31.2 Å². The number of halogens is 3. The van der Waals surface area contributed by atoms with Crippen LogP contribution < -0.4 is 10.6 Å². The van der Waals surface area contributed by atoms with Crippen molar-refractivity contribution in [2.24, 2.45) is 5.73 Å². The average molecular weight is 451 g/mol. The Morgan fingerprint density at radius 1 is 0.909 bits per heavy atom. The second-order valence-corrected chi connectivity index (χ2v) is 7.76. The summed E-state index contributed by atoms with van der Waals surface area (Å²) in [6, 6.07) is 8.67. The van der Waals surface area contributed by atoms with Crippen molar-refractivity contribution in [3.8, 4) is 11.3 Å². The summed E-state index contributed by atoms with van der Waals surface area (Å²) in [4.78, 5) is 14.3. The molecule has 2 aromatic heterocycles. The van der Waals surface area contributed by atoms with Crippen LogP contribution in [-0.4, -0.2) is 41.3 Å². The lowest BCUT2D eigenvalue weighted by atomic mass is 9.96. The zero-order valence-corrected chi connectivity index (χ0v) is 17.5. The topological polar surface area (TPSA) is 77.2 Å². The summed E-state index contributed by atoms with van der Waals surface area (Å²) in [6.45, 7) is 2.87. The zero-order chi connectivity index (χ0) is 22.9. The molecular formula is C24H20F3N5O. The lowest BCUT2D eigenvalue weighted by molar-refractivity contribution is 0.122. The van der Waals surface area contributed by atoms with E-state index in [0.717, 1.165) is 31.2 Å². The molecule has 4 aromatic rings. The fraction of sp³-hybridized carbons (Fsp3) is 0.208. The van der Waals surface area contributed by atoms with Crippen LogP contribution in [0.15, 0.2) is 55.1 Å². The van der Waals surface area contributed by atoms with Gasteiger partial charge >= 0.3 is 0 Å². The summed E-state index contributed by atoms with van der Waals surface area (Å²) < 4.78 is 48.7. The summed E-state index contributed by atoms with van der Waals surface area (Å²) in [6.07, 6.45) is 3.16. The fourth-order valence-electron chi connectivity index (χ4n) is 4.08. The second kappa shape index (κ2) is 8.76. The van der Waals surface area contributed by atoms with Gasteiger partial charge in [0, 0.05) is 35.3 Å². The highest BCUT2D eigenvalue weighted by Gasteiger charge is 2.21. The van der Waals surface area contributed by atoms with E-state index in [-0.39, 0.29) is 11.1 Å². The number of aromatic nitrogens is 3. The van der Waals surface area contributed by atoms with Crippen LogP contribution >= 0.6 is 0 Å². The van der Waals surface area contributed by atoms with Gasteiger partial charge in [-0.05, 0) is 35.9 Å². The molecule has 1 aliphatic rings. The summed E-state index contributed by atoms with van der Waals surface area (Å²) in [5.74, 6) is -2.26. The van der Waals surface area contributed by atoms with Gasteiger partial charge in [-0.25, -0.2) is 23.1 Å². The molecule has 0 spiro atoms. The Hall–Kier alpha value is -3.56. The predicted octanol–water partition coefficient (Wildman–Crippen LogP) is 3.99. The van der Waals surface area contributed by atoms with Gasteiger partial charge in [0.15, 0.2) is 0 Å². The van der Waals surface area contributed by atoms with Crippen LogP contribution in [0, 0.1) is 17.5 Å². The van der Waals surface area contributed by atoms with E-state index in [0.29, 0.717) is 35.4 Å². The number of hydrogen-bond acceptors (Lipinski definition) is 6. The molecule has 0 amide bonds.